The second-order valence-electron chi connectivity index (χ2n) is 11.9. The van der Waals surface area contributed by atoms with Crippen molar-refractivity contribution >= 4 is 29.0 Å². The molecular formula is C31H39N5O6. The van der Waals surface area contributed by atoms with Gasteiger partial charge in [-0.3, -0.25) is 4.79 Å². The number of rotatable bonds is 9. The van der Waals surface area contributed by atoms with Gasteiger partial charge in [0, 0.05) is 29.6 Å². The summed E-state index contributed by atoms with van der Waals surface area (Å²) in [5, 5.41) is 28.7. The van der Waals surface area contributed by atoms with Gasteiger partial charge in [0.25, 0.3) is 5.91 Å². The number of alkyl carbamates (subject to hydrolysis) is 2. The smallest absolute Gasteiger partial charge is 0.407 e. The van der Waals surface area contributed by atoms with E-state index in [0.29, 0.717) is 16.8 Å². The zero-order valence-corrected chi connectivity index (χ0v) is 24.8. The van der Waals surface area contributed by atoms with Crippen LogP contribution in [0.2, 0.25) is 0 Å². The molecule has 224 valence electrons. The highest BCUT2D eigenvalue weighted by Gasteiger charge is 2.25. The Hall–Kier alpha value is -4.56. The van der Waals surface area contributed by atoms with Gasteiger partial charge in [-0.1, -0.05) is 30.3 Å². The lowest BCUT2D eigenvalue weighted by Gasteiger charge is -2.26. The van der Waals surface area contributed by atoms with Crippen molar-refractivity contribution in [2.45, 2.75) is 71.3 Å². The van der Waals surface area contributed by atoms with E-state index >= 15 is 0 Å². The number of benzene rings is 2. The molecule has 0 radical (unpaired) electrons. The number of hydrogen-bond acceptors (Lipinski definition) is 7. The van der Waals surface area contributed by atoms with Crippen LogP contribution in [0.5, 0.6) is 0 Å². The molecule has 1 heterocycles. The van der Waals surface area contributed by atoms with Crippen molar-refractivity contribution in [3.8, 4) is 17.2 Å². The third-order valence-corrected chi connectivity index (χ3v) is 5.90. The molecule has 0 aliphatic carbocycles. The minimum Gasteiger partial charge on any atom is -0.444 e. The molecule has 0 fully saturated rings. The van der Waals surface area contributed by atoms with Crippen LogP contribution in [0.4, 0.5) is 9.59 Å². The Labute approximate surface area is 245 Å². The normalized spacial score (nSPS) is 13.0. The molecule has 2 aromatic carbocycles. The number of nitriles is 1. The molecule has 0 aliphatic heterocycles. The Morgan fingerprint density at radius 2 is 1.52 bits per heavy atom. The van der Waals surface area contributed by atoms with E-state index in [-0.39, 0.29) is 19.5 Å². The third-order valence-electron chi connectivity index (χ3n) is 5.90. The van der Waals surface area contributed by atoms with E-state index in [1.54, 1.807) is 65.8 Å². The first-order chi connectivity index (χ1) is 19.6. The molecule has 2 atom stereocenters. The summed E-state index contributed by atoms with van der Waals surface area (Å²) >= 11 is 0. The van der Waals surface area contributed by atoms with E-state index in [1.165, 1.54) is 0 Å². The van der Waals surface area contributed by atoms with E-state index in [9.17, 15) is 24.8 Å². The van der Waals surface area contributed by atoms with Crippen molar-refractivity contribution in [3.05, 3.63) is 59.8 Å². The van der Waals surface area contributed by atoms with Crippen LogP contribution < -0.4 is 16.0 Å². The number of nitrogens with one attached hydrogen (secondary N) is 4. The van der Waals surface area contributed by atoms with E-state index in [4.69, 9.17) is 9.47 Å². The molecule has 42 heavy (non-hydrogen) atoms. The van der Waals surface area contributed by atoms with E-state index in [0.717, 1.165) is 16.5 Å². The van der Waals surface area contributed by atoms with Crippen LogP contribution in [-0.2, 0) is 9.47 Å². The molecule has 3 amide bonds. The highest BCUT2D eigenvalue weighted by Crippen LogP contribution is 2.32. The first kappa shape index (κ1) is 32.0. The number of aromatic nitrogens is 1. The standard InChI is InChI=1S/C31H39N5O6/c1-30(2,3)41-28(39)34-18-22(37)15-21(35-29(40)42-31(4,5)6)17-33-27(38)26-25(20-13-11-19(16-32)12-14-20)23-9-7-8-10-24(23)36-26/h7-14,21-22,36-37H,15,17-18H2,1-6H3,(H,33,38)(H,34,39)(H,35,40)/t21-,22?/m0/s1. The van der Waals surface area contributed by atoms with E-state index in [1.807, 2.05) is 24.3 Å². The average Bonchev–Trinajstić information content (AvgIpc) is 3.28. The number of H-pyrrole nitrogens is 1. The lowest BCUT2D eigenvalue weighted by molar-refractivity contribution is 0.0438. The van der Waals surface area contributed by atoms with Crippen molar-refractivity contribution in [1.29, 1.82) is 5.26 Å². The quantitative estimate of drug-likeness (QED) is 0.248. The van der Waals surface area contributed by atoms with Gasteiger partial charge in [-0.25, -0.2) is 9.59 Å². The van der Waals surface area contributed by atoms with Crippen molar-refractivity contribution in [1.82, 2.24) is 20.9 Å². The van der Waals surface area contributed by atoms with Crippen LogP contribution in [0.1, 0.15) is 64.0 Å². The molecule has 1 unspecified atom stereocenters. The first-order valence-electron chi connectivity index (χ1n) is 13.7. The molecule has 3 aromatic rings. The first-order valence-corrected chi connectivity index (χ1v) is 13.7. The summed E-state index contributed by atoms with van der Waals surface area (Å²) in [5.41, 5.74) is 1.54. The Kier molecular flexibility index (Phi) is 10.2. The monoisotopic (exact) mass is 577 g/mol. The predicted octanol–water partition coefficient (Wildman–Crippen LogP) is 4.61. The highest BCUT2D eigenvalue weighted by molar-refractivity contribution is 6.09. The van der Waals surface area contributed by atoms with Crippen LogP contribution in [0.25, 0.3) is 22.0 Å². The summed E-state index contributed by atoms with van der Waals surface area (Å²) in [6, 6.07) is 15.8. The lowest BCUT2D eigenvalue weighted by Crippen LogP contribution is -2.48. The van der Waals surface area contributed by atoms with Gasteiger partial charge in [-0.15, -0.1) is 0 Å². The van der Waals surface area contributed by atoms with Crippen LogP contribution in [0, 0.1) is 11.3 Å². The molecule has 1 aromatic heterocycles. The topological polar surface area (TPSA) is 166 Å². The fourth-order valence-electron chi connectivity index (χ4n) is 4.22. The van der Waals surface area contributed by atoms with Gasteiger partial charge in [-0.05, 0) is 71.7 Å². The van der Waals surface area contributed by atoms with Crippen LogP contribution in [0.15, 0.2) is 48.5 Å². The number of hydrogen-bond donors (Lipinski definition) is 5. The Morgan fingerprint density at radius 3 is 2.14 bits per heavy atom. The largest absolute Gasteiger partial charge is 0.444 e. The van der Waals surface area contributed by atoms with Crippen LogP contribution >= 0.6 is 0 Å². The van der Waals surface area contributed by atoms with Gasteiger partial charge in [0.2, 0.25) is 0 Å². The SMILES string of the molecule is CC(C)(C)OC(=O)NCC(O)C[C@@H](CNC(=O)c1[nH]c2ccccc2c1-c1ccc(C#N)cc1)NC(=O)OC(C)(C)C. The second-order valence-corrected chi connectivity index (χ2v) is 11.9. The molecule has 11 heteroatoms. The van der Waals surface area contributed by atoms with Crippen molar-refractivity contribution in [2.75, 3.05) is 13.1 Å². The fraction of sp³-hybridized carbons (Fsp3) is 0.419. The lowest BCUT2D eigenvalue weighted by atomic mass is 10.00. The maximum atomic E-state index is 13.5. The van der Waals surface area contributed by atoms with Gasteiger partial charge >= 0.3 is 12.2 Å². The Balaban J connectivity index is 1.78. The molecule has 0 aliphatic rings. The van der Waals surface area contributed by atoms with Gasteiger partial charge < -0.3 is 35.5 Å². The molecule has 0 spiro atoms. The van der Waals surface area contributed by atoms with Crippen molar-refractivity contribution in [3.63, 3.8) is 0 Å². The summed E-state index contributed by atoms with van der Waals surface area (Å²) in [6.07, 6.45) is -2.44. The minimum atomic E-state index is -1.06. The third kappa shape index (κ3) is 9.52. The minimum absolute atomic E-state index is 0.00447. The van der Waals surface area contributed by atoms with Crippen LogP contribution in [0.3, 0.4) is 0 Å². The number of ether oxygens (including phenoxy) is 2. The van der Waals surface area contributed by atoms with Gasteiger partial charge in [-0.2, -0.15) is 5.26 Å². The number of aliphatic hydroxyl groups excluding tert-OH is 1. The molecular weight excluding hydrogens is 538 g/mol. The Bertz CT molecular complexity index is 1440. The molecule has 0 bridgehead atoms. The summed E-state index contributed by atoms with van der Waals surface area (Å²) in [4.78, 5) is 41.2. The number of para-hydroxylation sites is 1. The van der Waals surface area contributed by atoms with Crippen LogP contribution in [-0.4, -0.2) is 64.6 Å². The highest BCUT2D eigenvalue weighted by atomic mass is 16.6. The van der Waals surface area contributed by atoms with E-state index in [2.05, 4.69) is 27.0 Å². The molecule has 0 saturated carbocycles. The number of aliphatic hydroxyl groups is 1. The summed E-state index contributed by atoms with van der Waals surface area (Å²) in [6.45, 7) is 10.2. The Morgan fingerprint density at radius 1 is 0.905 bits per heavy atom. The number of carbonyl (C=O) groups is 3. The number of fused-ring (bicyclic) bond motifs is 1. The fourth-order valence-corrected chi connectivity index (χ4v) is 4.22. The van der Waals surface area contributed by atoms with Crippen molar-refractivity contribution in [2.24, 2.45) is 0 Å². The number of amides is 3. The zero-order chi connectivity index (χ0) is 31.1. The number of nitrogens with zero attached hydrogens (tertiary/aromatic N) is 1. The average molecular weight is 578 g/mol. The maximum Gasteiger partial charge on any atom is 0.407 e. The maximum absolute atomic E-state index is 13.5. The van der Waals surface area contributed by atoms with Gasteiger partial charge in [0.05, 0.1) is 23.8 Å². The van der Waals surface area contributed by atoms with E-state index < -0.39 is 41.4 Å². The zero-order valence-electron chi connectivity index (χ0n) is 24.8. The molecule has 5 N–H and O–H groups in total. The summed E-state index contributed by atoms with van der Waals surface area (Å²) in [5.74, 6) is -0.428. The van der Waals surface area contributed by atoms with Crippen molar-refractivity contribution < 1.29 is 29.0 Å². The van der Waals surface area contributed by atoms with Gasteiger partial charge in [0.15, 0.2) is 0 Å². The van der Waals surface area contributed by atoms with Gasteiger partial charge in [0.1, 0.15) is 16.9 Å². The number of carbonyl (C=O) groups excluding carboxylic acids is 3. The second kappa shape index (κ2) is 13.4. The predicted molar refractivity (Wildman–Crippen MR) is 159 cm³/mol. The molecule has 0 saturated heterocycles. The number of aromatic amines is 1. The summed E-state index contributed by atoms with van der Waals surface area (Å²) in [7, 11) is 0. The summed E-state index contributed by atoms with van der Waals surface area (Å²) < 4.78 is 10.6. The molecule has 11 nitrogen and oxygen atoms in total. The molecule has 3 rings (SSSR count).